The first-order chi connectivity index (χ1) is 10.9. The first-order valence-corrected chi connectivity index (χ1v) is 9.75. The summed E-state index contributed by atoms with van der Waals surface area (Å²) in [6.07, 6.45) is 9.63. The van der Waals surface area contributed by atoms with E-state index in [1.165, 1.54) is 12.8 Å². The second-order valence-electron chi connectivity index (χ2n) is 6.59. The van der Waals surface area contributed by atoms with Gasteiger partial charge in [0.25, 0.3) is 15.9 Å². The Morgan fingerprint density at radius 2 is 2.04 bits per heavy atom. The molecule has 0 bridgehead atoms. The molecular weight excluding hydrogens is 314 g/mol. The van der Waals surface area contributed by atoms with Crippen molar-refractivity contribution in [2.45, 2.75) is 38.6 Å². The summed E-state index contributed by atoms with van der Waals surface area (Å²) >= 11 is 0. The number of amides is 1. The van der Waals surface area contributed by atoms with Crippen LogP contribution in [0.4, 0.5) is 0 Å². The SMILES string of the molecule is CC1CCCCC1N(C)C(=O)C1=CN2CCS(=O)(=O)N=C2C=C1. The zero-order valence-electron chi connectivity index (χ0n) is 13.6. The summed E-state index contributed by atoms with van der Waals surface area (Å²) in [5, 5.41) is 0. The third-order valence-corrected chi connectivity index (χ3v) is 6.12. The van der Waals surface area contributed by atoms with Crippen molar-refractivity contribution >= 4 is 21.8 Å². The van der Waals surface area contributed by atoms with Crippen molar-refractivity contribution in [3.63, 3.8) is 0 Å². The van der Waals surface area contributed by atoms with Crippen LogP contribution in [0.25, 0.3) is 0 Å². The van der Waals surface area contributed by atoms with Crippen LogP contribution in [0.5, 0.6) is 0 Å². The average molecular weight is 337 g/mol. The molecule has 1 fully saturated rings. The maximum absolute atomic E-state index is 12.8. The van der Waals surface area contributed by atoms with Crippen LogP contribution in [0, 0.1) is 5.92 Å². The van der Waals surface area contributed by atoms with E-state index >= 15 is 0 Å². The molecule has 126 valence electrons. The van der Waals surface area contributed by atoms with Gasteiger partial charge >= 0.3 is 0 Å². The molecule has 3 aliphatic rings. The Kier molecular flexibility index (Phi) is 4.31. The van der Waals surface area contributed by atoms with E-state index in [1.807, 2.05) is 11.9 Å². The van der Waals surface area contributed by atoms with Crippen LogP contribution in [0.1, 0.15) is 32.6 Å². The quantitative estimate of drug-likeness (QED) is 0.766. The molecule has 0 aromatic carbocycles. The molecule has 23 heavy (non-hydrogen) atoms. The van der Waals surface area contributed by atoms with E-state index in [9.17, 15) is 13.2 Å². The Bertz CT molecular complexity index is 693. The molecular formula is C16H23N3O3S. The van der Waals surface area contributed by atoms with Crippen LogP contribution in [-0.2, 0) is 14.8 Å². The van der Waals surface area contributed by atoms with Crippen LogP contribution in [0.3, 0.4) is 0 Å². The van der Waals surface area contributed by atoms with Crippen molar-refractivity contribution in [3.8, 4) is 0 Å². The van der Waals surface area contributed by atoms with E-state index in [-0.39, 0.29) is 17.7 Å². The number of likely N-dealkylation sites (N-methyl/N-ethyl adjacent to an activating group) is 1. The molecule has 0 aromatic heterocycles. The normalized spacial score (nSPS) is 29.4. The average Bonchev–Trinajstić information content (AvgIpc) is 2.53. The summed E-state index contributed by atoms with van der Waals surface area (Å²) < 4.78 is 26.8. The molecule has 0 radical (unpaired) electrons. The third kappa shape index (κ3) is 3.34. The fourth-order valence-corrected chi connectivity index (χ4v) is 4.52. The van der Waals surface area contributed by atoms with E-state index in [1.54, 1.807) is 23.3 Å². The number of amidine groups is 1. The Balaban J connectivity index is 1.76. The van der Waals surface area contributed by atoms with Crippen molar-refractivity contribution < 1.29 is 13.2 Å². The highest BCUT2D eigenvalue weighted by atomic mass is 32.2. The molecule has 7 heteroatoms. The van der Waals surface area contributed by atoms with Crippen LogP contribution in [0.2, 0.25) is 0 Å². The zero-order valence-corrected chi connectivity index (χ0v) is 14.4. The number of hydrogen-bond donors (Lipinski definition) is 0. The van der Waals surface area contributed by atoms with Gasteiger partial charge in [-0.15, -0.1) is 4.40 Å². The Morgan fingerprint density at radius 1 is 1.30 bits per heavy atom. The number of hydrogen-bond acceptors (Lipinski definition) is 4. The predicted octanol–water partition coefficient (Wildman–Crippen LogP) is 1.52. The molecule has 0 aromatic rings. The molecule has 6 nitrogen and oxygen atoms in total. The second kappa shape index (κ2) is 6.11. The number of rotatable bonds is 2. The lowest BCUT2D eigenvalue weighted by Crippen LogP contribution is -2.44. The number of carbonyl (C=O) groups excluding carboxylic acids is 1. The monoisotopic (exact) mass is 337 g/mol. The minimum absolute atomic E-state index is 0.00696. The lowest BCUT2D eigenvalue weighted by atomic mass is 9.85. The molecule has 2 atom stereocenters. The highest BCUT2D eigenvalue weighted by molar-refractivity contribution is 7.90. The third-order valence-electron chi connectivity index (χ3n) is 4.95. The molecule has 0 N–H and O–H groups in total. The predicted molar refractivity (Wildman–Crippen MR) is 89.3 cm³/mol. The Morgan fingerprint density at radius 3 is 2.78 bits per heavy atom. The maximum atomic E-state index is 12.8. The Labute approximate surface area is 137 Å². The molecule has 2 unspecified atom stereocenters. The van der Waals surface area contributed by atoms with Gasteiger partial charge in [0.2, 0.25) is 0 Å². The number of sulfonamides is 1. The molecule has 2 heterocycles. The largest absolute Gasteiger partial charge is 0.338 e. The second-order valence-corrected chi connectivity index (χ2v) is 8.35. The lowest BCUT2D eigenvalue weighted by Gasteiger charge is -2.37. The van der Waals surface area contributed by atoms with Crippen LogP contribution in [-0.4, -0.2) is 55.3 Å². The maximum Gasteiger partial charge on any atom is 0.256 e. The number of nitrogens with zero attached hydrogens (tertiary/aromatic N) is 3. The van der Waals surface area contributed by atoms with Gasteiger partial charge in [0.1, 0.15) is 5.84 Å². The molecule has 2 aliphatic heterocycles. The topological polar surface area (TPSA) is 70.1 Å². The standard InChI is InChI=1S/C16H23N3O3S/c1-12-5-3-4-6-14(12)18(2)16(20)13-7-8-15-17-23(21,22)10-9-19(15)11-13/h7-8,11-12,14H,3-6,9-10H2,1-2H3. The van der Waals surface area contributed by atoms with Gasteiger partial charge in [-0.3, -0.25) is 4.79 Å². The van der Waals surface area contributed by atoms with E-state index < -0.39 is 10.0 Å². The van der Waals surface area contributed by atoms with Gasteiger partial charge in [-0.2, -0.15) is 0 Å². The van der Waals surface area contributed by atoms with Gasteiger partial charge in [-0.05, 0) is 30.9 Å². The van der Waals surface area contributed by atoms with Crippen molar-refractivity contribution in [1.29, 1.82) is 0 Å². The zero-order chi connectivity index (χ0) is 16.6. The van der Waals surface area contributed by atoms with Gasteiger partial charge in [-0.25, -0.2) is 8.42 Å². The van der Waals surface area contributed by atoms with E-state index in [0.717, 1.165) is 12.8 Å². The lowest BCUT2D eigenvalue weighted by molar-refractivity contribution is -0.129. The fourth-order valence-electron chi connectivity index (χ4n) is 3.55. The summed E-state index contributed by atoms with van der Waals surface area (Å²) in [7, 11) is -1.49. The van der Waals surface area contributed by atoms with E-state index in [2.05, 4.69) is 11.3 Å². The number of carbonyl (C=O) groups is 1. The summed E-state index contributed by atoms with van der Waals surface area (Å²) in [6, 6.07) is 0.280. The van der Waals surface area contributed by atoms with Crippen LogP contribution < -0.4 is 0 Å². The van der Waals surface area contributed by atoms with E-state index in [0.29, 0.717) is 23.9 Å². The van der Waals surface area contributed by atoms with Crippen molar-refractivity contribution in [1.82, 2.24) is 9.80 Å². The first kappa shape index (κ1) is 16.2. The highest BCUT2D eigenvalue weighted by Crippen LogP contribution is 2.28. The van der Waals surface area contributed by atoms with Gasteiger partial charge < -0.3 is 9.80 Å². The molecule has 3 rings (SSSR count). The summed E-state index contributed by atoms with van der Waals surface area (Å²) in [5.74, 6) is 0.884. The van der Waals surface area contributed by atoms with Crippen molar-refractivity contribution in [3.05, 3.63) is 23.9 Å². The van der Waals surface area contributed by atoms with Crippen LogP contribution >= 0.6 is 0 Å². The van der Waals surface area contributed by atoms with Gasteiger partial charge in [0.05, 0.1) is 11.3 Å². The van der Waals surface area contributed by atoms with Crippen LogP contribution in [0.15, 0.2) is 28.3 Å². The first-order valence-electron chi connectivity index (χ1n) is 8.14. The fraction of sp³-hybridized carbons (Fsp3) is 0.625. The summed E-state index contributed by atoms with van der Waals surface area (Å²) in [6.45, 7) is 2.55. The van der Waals surface area contributed by atoms with Gasteiger partial charge in [0.15, 0.2) is 0 Å². The Hall–Kier alpha value is -1.63. The van der Waals surface area contributed by atoms with E-state index in [4.69, 9.17) is 0 Å². The molecule has 1 saturated carbocycles. The van der Waals surface area contributed by atoms with Gasteiger partial charge in [0, 0.05) is 25.8 Å². The number of fused-ring (bicyclic) bond motifs is 1. The minimum Gasteiger partial charge on any atom is -0.338 e. The van der Waals surface area contributed by atoms with Gasteiger partial charge in [-0.1, -0.05) is 19.8 Å². The molecule has 0 spiro atoms. The summed E-state index contributed by atoms with van der Waals surface area (Å²) in [5.41, 5.74) is 0.587. The van der Waals surface area contributed by atoms with Crippen molar-refractivity contribution in [2.75, 3.05) is 19.3 Å². The molecule has 1 aliphatic carbocycles. The van der Waals surface area contributed by atoms with Crippen molar-refractivity contribution in [2.24, 2.45) is 10.3 Å². The molecule has 0 saturated heterocycles. The summed E-state index contributed by atoms with van der Waals surface area (Å²) in [4.78, 5) is 16.4. The molecule has 1 amide bonds. The smallest absolute Gasteiger partial charge is 0.256 e. The highest BCUT2D eigenvalue weighted by Gasteiger charge is 2.31. The minimum atomic E-state index is -3.36.